The summed E-state index contributed by atoms with van der Waals surface area (Å²) in [5, 5.41) is 9.38. The summed E-state index contributed by atoms with van der Waals surface area (Å²) in [7, 11) is 2.12. The first-order chi connectivity index (χ1) is 11.6. The first-order valence-electron chi connectivity index (χ1n) is 8.19. The maximum absolute atomic E-state index is 4.97. The van der Waals surface area contributed by atoms with Gasteiger partial charge in [0, 0.05) is 29.4 Å². The van der Waals surface area contributed by atoms with Crippen molar-refractivity contribution < 1.29 is 0 Å². The molecule has 2 aromatic carbocycles. The lowest BCUT2D eigenvalue weighted by atomic mass is 10.0. The first-order valence-corrected chi connectivity index (χ1v) is 8.19. The number of nitrogens with one attached hydrogen (secondary N) is 1. The Morgan fingerprint density at radius 1 is 1.00 bits per heavy atom. The van der Waals surface area contributed by atoms with Gasteiger partial charge in [-0.15, -0.1) is 0 Å². The number of hydrogen-bond acceptors (Lipinski definition) is 3. The molecule has 4 rings (SSSR count). The van der Waals surface area contributed by atoms with E-state index in [0.29, 0.717) is 6.04 Å². The Morgan fingerprint density at radius 2 is 1.83 bits per heavy atom. The largest absolute Gasteiger partial charge is 0.370 e. The van der Waals surface area contributed by atoms with Crippen LogP contribution in [0.25, 0.3) is 33.1 Å². The molecule has 0 fully saturated rings. The van der Waals surface area contributed by atoms with Gasteiger partial charge in [0.1, 0.15) is 0 Å². The molecule has 1 N–H and O–H groups in total. The Labute approximate surface area is 141 Å². The van der Waals surface area contributed by atoms with Crippen molar-refractivity contribution in [1.29, 1.82) is 0 Å². The molecule has 0 aliphatic rings. The van der Waals surface area contributed by atoms with Gasteiger partial charge in [0.05, 0.1) is 28.6 Å². The molecule has 2 heterocycles. The Morgan fingerprint density at radius 3 is 2.67 bits per heavy atom. The molecule has 0 saturated carbocycles. The highest BCUT2D eigenvalue weighted by atomic mass is 15.1. The number of benzene rings is 2. The van der Waals surface area contributed by atoms with Gasteiger partial charge in [-0.2, -0.15) is 5.10 Å². The molecule has 4 heteroatoms. The molecule has 24 heavy (non-hydrogen) atoms. The summed E-state index contributed by atoms with van der Waals surface area (Å²) in [4.78, 5) is 7.24. The lowest BCUT2D eigenvalue weighted by Gasteiger charge is -2.26. The Kier molecular flexibility index (Phi) is 3.45. The maximum atomic E-state index is 4.97. The highest BCUT2D eigenvalue weighted by Crippen LogP contribution is 2.33. The normalized spacial score (nSPS) is 11.5. The molecule has 0 bridgehead atoms. The third kappa shape index (κ3) is 2.40. The summed E-state index contributed by atoms with van der Waals surface area (Å²) in [6.07, 6.45) is 1.85. The molecule has 120 valence electrons. The van der Waals surface area contributed by atoms with Crippen molar-refractivity contribution in [3.05, 3.63) is 54.7 Å². The predicted molar refractivity (Wildman–Crippen MR) is 100 cm³/mol. The number of nitrogens with zero attached hydrogens (tertiary/aromatic N) is 3. The molecule has 4 aromatic rings. The average Bonchev–Trinajstić information content (AvgIpc) is 3.07. The molecule has 0 saturated heterocycles. The Bertz CT molecular complexity index is 1020. The average molecular weight is 316 g/mol. The summed E-state index contributed by atoms with van der Waals surface area (Å²) in [5.74, 6) is 0. The topological polar surface area (TPSA) is 44.8 Å². The van der Waals surface area contributed by atoms with Crippen LogP contribution in [0.5, 0.6) is 0 Å². The smallest absolute Gasteiger partial charge is 0.0943 e. The van der Waals surface area contributed by atoms with Gasteiger partial charge in [-0.3, -0.25) is 5.10 Å². The van der Waals surface area contributed by atoms with E-state index in [4.69, 9.17) is 4.98 Å². The van der Waals surface area contributed by atoms with Crippen molar-refractivity contribution in [2.24, 2.45) is 0 Å². The van der Waals surface area contributed by atoms with E-state index in [1.807, 2.05) is 12.3 Å². The Hall–Kier alpha value is -2.88. The number of anilines is 1. The van der Waals surface area contributed by atoms with E-state index in [2.05, 4.69) is 78.5 Å². The van der Waals surface area contributed by atoms with Crippen LogP contribution < -0.4 is 4.90 Å². The molecule has 0 unspecified atom stereocenters. The standard InChI is InChI=1S/C20H20N4/c1-13(2)24(3)19-11-14-6-4-5-7-17(14)22-20(19)15-8-9-18-16(10-15)12-21-23-18/h4-13H,1-3H3,(H,21,23). The minimum Gasteiger partial charge on any atom is -0.370 e. The second-order valence-corrected chi connectivity index (χ2v) is 6.43. The van der Waals surface area contributed by atoms with E-state index in [1.54, 1.807) is 0 Å². The number of aromatic nitrogens is 3. The van der Waals surface area contributed by atoms with Gasteiger partial charge in [-0.25, -0.2) is 4.98 Å². The van der Waals surface area contributed by atoms with Crippen LogP contribution >= 0.6 is 0 Å². The van der Waals surface area contributed by atoms with Crippen LogP contribution in [-0.2, 0) is 0 Å². The lowest BCUT2D eigenvalue weighted by Crippen LogP contribution is -2.26. The van der Waals surface area contributed by atoms with Gasteiger partial charge in [-0.1, -0.05) is 24.3 Å². The van der Waals surface area contributed by atoms with Crippen LogP contribution in [0.2, 0.25) is 0 Å². The molecule has 0 amide bonds. The second-order valence-electron chi connectivity index (χ2n) is 6.43. The fourth-order valence-corrected chi connectivity index (χ4v) is 2.95. The van der Waals surface area contributed by atoms with Crippen molar-refractivity contribution in [2.45, 2.75) is 19.9 Å². The van der Waals surface area contributed by atoms with E-state index in [0.717, 1.165) is 38.8 Å². The highest BCUT2D eigenvalue weighted by Gasteiger charge is 2.15. The monoisotopic (exact) mass is 316 g/mol. The molecule has 2 aromatic heterocycles. The predicted octanol–water partition coefficient (Wildman–Crippen LogP) is 4.62. The van der Waals surface area contributed by atoms with Crippen LogP contribution in [0.15, 0.2) is 54.7 Å². The van der Waals surface area contributed by atoms with Gasteiger partial charge in [0.15, 0.2) is 0 Å². The van der Waals surface area contributed by atoms with Crippen molar-refractivity contribution in [3.8, 4) is 11.3 Å². The minimum atomic E-state index is 0.393. The van der Waals surface area contributed by atoms with Crippen LogP contribution in [0.4, 0.5) is 5.69 Å². The molecule has 0 radical (unpaired) electrons. The first kappa shape index (κ1) is 14.7. The zero-order valence-electron chi connectivity index (χ0n) is 14.1. The fourth-order valence-electron chi connectivity index (χ4n) is 2.95. The van der Waals surface area contributed by atoms with Crippen molar-refractivity contribution in [2.75, 3.05) is 11.9 Å². The van der Waals surface area contributed by atoms with Crippen molar-refractivity contribution >= 4 is 27.5 Å². The molecule has 0 aliphatic carbocycles. The van der Waals surface area contributed by atoms with E-state index in [-0.39, 0.29) is 0 Å². The van der Waals surface area contributed by atoms with Gasteiger partial charge in [-0.05, 0) is 38.1 Å². The summed E-state index contributed by atoms with van der Waals surface area (Å²) < 4.78 is 0. The maximum Gasteiger partial charge on any atom is 0.0943 e. The lowest BCUT2D eigenvalue weighted by molar-refractivity contribution is 0.754. The summed E-state index contributed by atoms with van der Waals surface area (Å²) >= 11 is 0. The number of H-pyrrole nitrogens is 1. The number of para-hydroxylation sites is 1. The highest BCUT2D eigenvalue weighted by molar-refractivity contribution is 5.92. The number of pyridine rings is 1. The molecule has 0 atom stereocenters. The fraction of sp³-hybridized carbons (Fsp3) is 0.200. The molecular weight excluding hydrogens is 296 g/mol. The third-order valence-corrected chi connectivity index (χ3v) is 4.57. The van der Waals surface area contributed by atoms with Crippen molar-refractivity contribution in [3.63, 3.8) is 0 Å². The summed E-state index contributed by atoms with van der Waals surface area (Å²) in [6.45, 7) is 4.39. The van der Waals surface area contributed by atoms with Crippen LogP contribution in [0.1, 0.15) is 13.8 Å². The molecular formula is C20H20N4. The van der Waals surface area contributed by atoms with Crippen LogP contribution in [-0.4, -0.2) is 28.3 Å². The zero-order valence-corrected chi connectivity index (χ0v) is 14.1. The van der Waals surface area contributed by atoms with Gasteiger partial charge >= 0.3 is 0 Å². The minimum absolute atomic E-state index is 0.393. The number of hydrogen-bond donors (Lipinski definition) is 1. The quantitative estimate of drug-likeness (QED) is 0.599. The molecule has 0 spiro atoms. The number of fused-ring (bicyclic) bond motifs is 2. The molecule has 0 aliphatic heterocycles. The van der Waals surface area contributed by atoms with Crippen LogP contribution in [0.3, 0.4) is 0 Å². The summed E-state index contributed by atoms with van der Waals surface area (Å²) in [5.41, 5.74) is 5.32. The van der Waals surface area contributed by atoms with Gasteiger partial charge in [0.25, 0.3) is 0 Å². The van der Waals surface area contributed by atoms with E-state index < -0.39 is 0 Å². The van der Waals surface area contributed by atoms with Gasteiger partial charge in [0.2, 0.25) is 0 Å². The number of aromatic amines is 1. The van der Waals surface area contributed by atoms with Crippen molar-refractivity contribution in [1.82, 2.24) is 15.2 Å². The zero-order chi connectivity index (χ0) is 16.7. The van der Waals surface area contributed by atoms with Gasteiger partial charge < -0.3 is 4.90 Å². The van der Waals surface area contributed by atoms with E-state index in [1.165, 1.54) is 0 Å². The van der Waals surface area contributed by atoms with Crippen LogP contribution in [0, 0.1) is 0 Å². The second kappa shape index (κ2) is 5.64. The molecule has 4 nitrogen and oxygen atoms in total. The third-order valence-electron chi connectivity index (χ3n) is 4.57. The van der Waals surface area contributed by atoms with E-state index >= 15 is 0 Å². The summed E-state index contributed by atoms with van der Waals surface area (Å²) in [6, 6.07) is 17.2. The number of rotatable bonds is 3. The van der Waals surface area contributed by atoms with E-state index in [9.17, 15) is 0 Å². The SMILES string of the molecule is CC(C)N(C)c1cc2ccccc2nc1-c1ccc2[nH]ncc2c1. The Balaban J connectivity index is 1.98.